The highest BCUT2D eigenvalue weighted by Gasteiger charge is 2.07. The van der Waals surface area contributed by atoms with Gasteiger partial charge in [-0.25, -0.2) is 0 Å². The van der Waals surface area contributed by atoms with Crippen LogP contribution in [-0.2, 0) is 0 Å². The number of rotatable bonds is 3. The SMILES string of the molecule is C=C(C)CC(N)c1cn[nH]n1. The zero-order chi connectivity index (χ0) is 8.27. The third kappa shape index (κ3) is 2.16. The highest BCUT2D eigenvalue weighted by Crippen LogP contribution is 2.13. The van der Waals surface area contributed by atoms with Gasteiger partial charge >= 0.3 is 0 Å². The smallest absolute Gasteiger partial charge is 0.0994 e. The van der Waals surface area contributed by atoms with Crippen LogP contribution in [0.1, 0.15) is 25.1 Å². The first-order chi connectivity index (χ1) is 5.20. The van der Waals surface area contributed by atoms with E-state index in [0.717, 1.165) is 17.7 Å². The highest BCUT2D eigenvalue weighted by atomic mass is 15.3. The van der Waals surface area contributed by atoms with Crippen LogP contribution < -0.4 is 5.73 Å². The lowest BCUT2D eigenvalue weighted by Crippen LogP contribution is -2.10. The summed E-state index contributed by atoms with van der Waals surface area (Å²) in [4.78, 5) is 0. The van der Waals surface area contributed by atoms with E-state index >= 15 is 0 Å². The van der Waals surface area contributed by atoms with Gasteiger partial charge in [0.25, 0.3) is 0 Å². The molecule has 60 valence electrons. The van der Waals surface area contributed by atoms with Crippen LogP contribution >= 0.6 is 0 Å². The van der Waals surface area contributed by atoms with Gasteiger partial charge < -0.3 is 5.73 Å². The Labute approximate surface area is 65.5 Å². The van der Waals surface area contributed by atoms with Crippen LogP contribution in [0.2, 0.25) is 0 Å². The Morgan fingerprint density at radius 3 is 3.09 bits per heavy atom. The Kier molecular flexibility index (Phi) is 2.38. The summed E-state index contributed by atoms with van der Waals surface area (Å²) in [5.74, 6) is 0. The van der Waals surface area contributed by atoms with E-state index in [0.29, 0.717) is 0 Å². The first-order valence-electron chi connectivity index (χ1n) is 3.46. The Hall–Kier alpha value is -1.16. The number of nitrogens with zero attached hydrogens (tertiary/aromatic N) is 2. The maximum atomic E-state index is 5.76. The molecule has 1 unspecified atom stereocenters. The third-order valence-corrected chi connectivity index (χ3v) is 1.38. The topological polar surface area (TPSA) is 67.6 Å². The van der Waals surface area contributed by atoms with Crippen molar-refractivity contribution in [2.45, 2.75) is 19.4 Å². The summed E-state index contributed by atoms with van der Waals surface area (Å²) < 4.78 is 0. The molecule has 0 fully saturated rings. The van der Waals surface area contributed by atoms with Crippen molar-refractivity contribution in [1.82, 2.24) is 15.4 Å². The number of aromatic nitrogens is 3. The number of hydrogen-bond acceptors (Lipinski definition) is 3. The summed E-state index contributed by atoms with van der Waals surface area (Å²) in [5.41, 5.74) is 7.60. The lowest BCUT2D eigenvalue weighted by Gasteiger charge is -2.05. The maximum Gasteiger partial charge on any atom is 0.0994 e. The van der Waals surface area contributed by atoms with Crippen LogP contribution in [-0.4, -0.2) is 15.4 Å². The molecule has 0 amide bonds. The van der Waals surface area contributed by atoms with Crippen molar-refractivity contribution in [1.29, 1.82) is 0 Å². The fourth-order valence-electron chi connectivity index (χ4n) is 0.869. The van der Waals surface area contributed by atoms with Crippen molar-refractivity contribution >= 4 is 0 Å². The fourth-order valence-corrected chi connectivity index (χ4v) is 0.869. The van der Waals surface area contributed by atoms with Crippen molar-refractivity contribution < 1.29 is 0 Å². The summed E-state index contributed by atoms with van der Waals surface area (Å²) in [6.45, 7) is 5.71. The molecule has 0 aromatic carbocycles. The van der Waals surface area contributed by atoms with Crippen LogP contribution in [0.5, 0.6) is 0 Å². The molecular formula is C7H12N4. The molecule has 0 aliphatic carbocycles. The van der Waals surface area contributed by atoms with E-state index in [-0.39, 0.29) is 6.04 Å². The zero-order valence-corrected chi connectivity index (χ0v) is 6.54. The van der Waals surface area contributed by atoms with E-state index in [4.69, 9.17) is 5.73 Å². The van der Waals surface area contributed by atoms with Crippen molar-refractivity contribution in [3.05, 3.63) is 24.0 Å². The standard InChI is InChI=1S/C7H12N4/c1-5(2)3-6(8)7-4-9-11-10-7/h4,6H,1,3,8H2,2H3,(H,9,10,11). The van der Waals surface area contributed by atoms with E-state index in [1.807, 2.05) is 6.92 Å². The van der Waals surface area contributed by atoms with Crippen molar-refractivity contribution in [3.63, 3.8) is 0 Å². The predicted molar refractivity (Wildman–Crippen MR) is 42.7 cm³/mol. The monoisotopic (exact) mass is 152 g/mol. The normalized spacial score (nSPS) is 12.9. The number of hydrogen-bond donors (Lipinski definition) is 2. The second-order valence-electron chi connectivity index (χ2n) is 2.66. The van der Waals surface area contributed by atoms with Gasteiger partial charge in [-0.15, -0.1) is 6.58 Å². The molecule has 0 spiro atoms. The lowest BCUT2D eigenvalue weighted by molar-refractivity contribution is 0.687. The molecule has 0 aliphatic rings. The molecule has 0 saturated heterocycles. The van der Waals surface area contributed by atoms with Gasteiger partial charge in [-0.2, -0.15) is 15.4 Å². The van der Waals surface area contributed by atoms with E-state index in [2.05, 4.69) is 22.0 Å². The first kappa shape index (κ1) is 7.94. The molecule has 11 heavy (non-hydrogen) atoms. The van der Waals surface area contributed by atoms with Crippen LogP contribution in [0, 0.1) is 0 Å². The van der Waals surface area contributed by atoms with Gasteiger partial charge in [-0.05, 0) is 13.3 Å². The highest BCUT2D eigenvalue weighted by molar-refractivity contribution is 5.04. The molecule has 4 nitrogen and oxygen atoms in total. The van der Waals surface area contributed by atoms with Gasteiger partial charge in [0, 0.05) is 0 Å². The van der Waals surface area contributed by atoms with Gasteiger partial charge in [0.1, 0.15) is 0 Å². The van der Waals surface area contributed by atoms with Crippen LogP contribution in [0.3, 0.4) is 0 Å². The molecule has 1 aromatic heterocycles. The van der Waals surface area contributed by atoms with Gasteiger partial charge in [0.2, 0.25) is 0 Å². The molecule has 0 aliphatic heterocycles. The summed E-state index contributed by atoms with van der Waals surface area (Å²) in [6.07, 6.45) is 2.39. The van der Waals surface area contributed by atoms with Crippen molar-refractivity contribution in [3.8, 4) is 0 Å². The third-order valence-electron chi connectivity index (χ3n) is 1.38. The van der Waals surface area contributed by atoms with E-state index < -0.39 is 0 Å². The Bertz CT molecular complexity index is 227. The van der Waals surface area contributed by atoms with E-state index in [1.165, 1.54) is 0 Å². The number of aromatic amines is 1. The van der Waals surface area contributed by atoms with Crippen molar-refractivity contribution in [2.75, 3.05) is 0 Å². The minimum atomic E-state index is -0.0775. The van der Waals surface area contributed by atoms with Crippen LogP contribution in [0.15, 0.2) is 18.3 Å². The van der Waals surface area contributed by atoms with Gasteiger partial charge in [0.05, 0.1) is 17.9 Å². The Morgan fingerprint density at radius 1 is 1.91 bits per heavy atom. The second kappa shape index (κ2) is 3.30. The van der Waals surface area contributed by atoms with Crippen LogP contribution in [0.25, 0.3) is 0 Å². The average molecular weight is 152 g/mol. The minimum Gasteiger partial charge on any atom is -0.322 e. The van der Waals surface area contributed by atoms with Gasteiger partial charge in [0.15, 0.2) is 0 Å². The Balaban J connectivity index is 2.56. The van der Waals surface area contributed by atoms with Gasteiger partial charge in [-0.1, -0.05) is 5.57 Å². The summed E-state index contributed by atoms with van der Waals surface area (Å²) in [6, 6.07) is -0.0775. The molecule has 1 atom stereocenters. The van der Waals surface area contributed by atoms with Crippen molar-refractivity contribution in [2.24, 2.45) is 5.73 Å². The minimum absolute atomic E-state index is 0.0775. The molecule has 3 N–H and O–H groups in total. The fraction of sp³-hybridized carbons (Fsp3) is 0.429. The molecule has 0 saturated carbocycles. The number of nitrogens with two attached hydrogens (primary N) is 1. The summed E-state index contributed by atoms with van der Waals surface area (Å²) >= 11 is 0. The van der Waals surface area contributed by atoms with Crippen LogP contribution in [0.4, 0.5) is 0 Å². The molecule has 1 heterocycles. The average Bonchev–Trinajstić information content (AvgIpc) is 2.35. The van der Waals surface area contributed by atoms with E-state index in [1.54, 1.807) is 6.20 Å². The Morgan fingerprint density at radius 2 is 2.64 bits per heavy atom. The summed E-state index contributed by atoms with van der Waals surface area (Å²) in [5, 5.41) is 10.0. The molecule has 0 radical (unpaired) electrons. The predicted octanol–water partition coefficient (Wildman–Crippen LogP) is 0.771. The second-order valence-corrected chi connectivity index (χ2v) is 2.66. The zero-order valence-electron chi connectivity index (χ0n) is 6.54. The number of H-pyrrole nitrogens is 1. The summed E-state index contributed by atoms with van der Waals surface area (Å²) in [7, 11) is 0. The van der Waals surface area contributed by atoms with E-state index in [9.17, 15) is 0 Å². The molecule has 0 bridgehead atoms. The first-order valence-corrected chi connectivity index (χ1v) is 3.46. The number of nitrogens with one attached hydrogen (secondary N) is 1. The molecule has 1 aromatic rings. The molecule has 4 heteroatoms. The maximum absolute atomic E-state index is 5.76. The van der Waals surface area contributed by atoms with Gasteiger partial charge in [-0.3, -0.25) is 0 Å². The quantitative estimate of drug-likeness (QED) is 0.628. The lowest BCUT2D eigenvalue weighted by atomic mass is 10.1. The largest absolute Gasteiger partial charge is 0.322 e. The molecule has 1 rings (SSSR count). The molecular weight excluding hydrogens is 140 g/mol.